The second-order valence-corrected chi connectivity index (χ2v) is 8.84. The fourth-order valence-electron chi connectivity index (χ4n) is 5.00. The van der Waals surface area contributed by atoms with Crippen molar-refractivity contribution >= 4 is 24.2 Å². The highest BCUT2D eigenvalue weighted by molar-refractivity contribution is 5.91. The number of carbonyl (C=O) groups is 2. The molecule has 0 spiro atoms. The summed E-state index contributed by atoms with van der Waals surface area (Å²) in [4.78, 5) is 29.0. The zero-order chi connectivity index (χ0) is 23.0. The number of nitrogens with two attached hydrogens (primary N) is 1. The average Bonchev–Trinajstić information content (AvgIpc) is 3.17. The summed E-state index contributed by atoms with van der Waals surface area (Å²) >= 11 is 0. The van der Waals surface area contributed by atoms with Crippen molar-refractivity contribution in [3.8, 4) is 5.75 Å². The third kappa shape index (κ3) is 5.22. The van der Waals surface area contributed by atoms with Crippen LogP contribution in [-0.2, 0) is 9.59 Å². The van der Waals surface area contributed by atoms with Crippen LogP contribution in [0.4, 0.5) is 13.2 Å². The number of alkyl halides is 3. The van der Waals surface area contributed by atoms with Crippen molar-refractivity contribution in [3.05, 3.63) is 29.8 Å². The summed E-state index contributed by atoms with van der Waals surface area (Å²) in [5.41, 5.74) is 6.93. The fourth-order valence-corrected chi connectivity index (χ4v) is 5.00. The second kappa shape index (κ2) is 10.1. The summed E-state index contributed by atoms with van der Waals surface area (Å²) < 4.78 is 45.3. The molecule has 2 amide bonds. The van der Waals surface area contributed by atoms with E-state index in [1.807, 2.05) is 24.3 Å². The Hall–Kier alpha value is -2.04. The Balaban J connectivity index is 0.00000306. The lowest BCUT2D eigenvalue weighted by Gasteiger charge is -2.40. The minimum Gasteiger partial charge on any atom is -0.493 e. The van der Waals surface area contributed by atoms with Crippen LogP contribution in [0.3, 0.4) is 0 Å². The number of hydrogen-bond acceptors (Lipinski definition) is 5. The molecule has 3 N–H and O–H groups in total. The predicted octanol–water partition coefficient (Wildman–Crippen LogP) is 2.39. The Morgan fingerprint density at radius 3 is 2.67 bits per heavy atom. The highest BCUT2D eigenvalue weighted by Crippen LogP contribution is 2.34. The van der Waals surface area contributed by atoms with E-state index < -0.39 is 30.2 Å². The molecule has 3 heterocycles. The first-order chi connectivity index (χ1) is 15.2. The molecule has 0 radical (unpaired) electrons. The van der Waals surface area contributed by atoms with E-state index in [9.17, 15) is 22.8 Å². The third-order valence-electron chi connectivity index (χ3n) is 6.85. The predicted molar refractivity (Wildman–Crippen MR) is 118 cm³/mol. The van der Waals surface area contributed by atoms with E-state index in [1.54, 1.807) is 0 Å². The number of nitrogens with zero attached hydrogens (tertiary/aromatic N) is 2. The quantitative estimate of drug-likeness (QED) is 0.679. The van der Waals surface area contributed by atoms with Crippen LogP contribution < -0.4 is 15.8 Å². The monoisotopic (exact) mass is 490 g/mol. The number of rotatable bonds is 3. The average molecular weight is 491 g/mol. The van der Waals surface area contributed by atoms with Gasteiger partial charge in [0.15, 0.2) is 0 Å². The molecule has 11 heteroatoms. The van der Waals surface area contributed by atoms with Crippen molar-refractivity contribution in [1.29, 1.82) is 0 Å². The van der Waals surface area contributed by atoms with Gasteiger partial charge in [-0.1, -0.05) is 18.2 Å². The Kier molecular flexibility index (Phi) is 7.80. The molecule has 1 aromatic rings. The minimum atomic E-state index is -4.39. The van der Waals surface area contributed by atoms with Gasteiger partial charge >= 0.3 is 6.18 Å². The van der Waals surface area contributed by atoms with E-state index in [0.29, 0.717) is 32.3 Å². The molecule has 33 heavy (non-hydrogen) atoms. The maximum Gasteiger partial charge on any atom is 0.403 e. The molecule has 0 bridgehead atoms. The van der Waals surface area contributed by atoms with Crippen molar-refractivity contribution in [2.45, 2.75) is 69.0 Å². The first-order valence-electron chi connectivity index (χ1n) is 11.1. The standard InChI is InChI=1S/C22H29F3N4O3.ClH/c1-13(22(23,24)25)28-10-8-14-6-7-18(29(14)21(31)16(26)12-28)20(30)27-17-9-11-32-19-5-3-2-4-15(17)19;/h2-5,13-14,16-18H,6-12,26H2,1H3,(H,27,30);1H/t13-,14-,16+,17-,18+;/m1./s1. The number of benzene rings is 1. The maximum absolute atomic E-state index is 13.2. The highest BCUT2D eigenvalue weighted by atomic mass is 35.5. The topological polar surface area (TPSA) is 87.9 Å². The SMILES string of the molecule is C[C@@H](N1CC[C@H]2CC[C@@H](C(=O)N[C@@H]3CCOc4ccccc43)N2C(=O)[C@@H](N)C1)C(F)(F)F.Cl. The van der Waals surface area contributed by atoms with Gasteiger partial charge in [-0.2, -0.15) is 13.2 Å². The molecule has 3 aliphatic heterocycles. The van der Waals surface area contributed by atoms with E-state index in [-0.39, 0.29) is 43.5 Å². The smallest absolute Gasteiger partial charge is 0.403 e. The number of para-hydroxylation sites is 1. The molecule has 2 fully saturated rings. The lowest BCUT2D eigenvalue weighted by Crippen LogP contribution is -2.60. The Morgan fingerprint density at radius 2 is 1.94 bits per heavy atom. The summed E-state index contributed by atoms with van der Waals surface area (Å²) in [7, 11) is 0. The molecule has 0 saturated carbocycles. The van der Waals surface area contributed by atoms with E-state index >= 15 is 0 Å². The molecule has 0 unspecified atom stereocenters. The maximum atomic E-state index is 13.2. The van der Waals surface area contributed by atoms with Gasteiger partial charge in [-0.05, 0) is 32.3 Å². The van der Waals surface area contributed by atoms with Crippen LogP contribution in [0.25, 0.3) is 0 Å². The van der Waals surface area contributed by atoms with Crippen LogP contribution in [0.15, 0.2) is 24.3 Å². The number of halogens is 4. The fraction of sp³-hybridized carbons (Fsp3) is 0.636. The Bertz CT molecular complexity index is 872. The first kappa shape index (κ1) is 25.6. The van der Waals surface area contributed by atoms with Gasteiger partial charge in [-0.15, -0.1) is 12.4 Å². The summed E-state index contributed by atoms with van der Waals surface area (Å²) in [6.45, 7) is 1.55. The molecular formula is C22H30ClF3N4O3. The van der Waals surface area contributed by atoms with Gasteiger partial charge in [0.2, 0.25) is 11.8 Å². The van der Waals surface area contributed by atoms with Crippen molar-refractivity contribution in [1.82, 2.24) is 15.1 Å². The molecule has 0 aromatic heterocycles. The lowest BCUT2D eigenvalue weighted by molar-refractivity contribution is -0.182. The summed E-state index contributed by atoms with van der Waals surface area (Å²) in [5, 5.41) is 3.06. The zero-order valence-corrected chi connectivity index (χ0v) is 19.2. The molecule has 7 nitrogen and oxygen atoms in total. The summed E-state index contributed by atoms with van der Waals surface area (Å²) in [6.07, 6.45) is -2.36. The van der Waals surface area contributed by atoms with E-state index in [4.69, 9.17) is 10.5 Å². The number of ether oxygens (including phenoxy) is 1. The van der Waals surface area contributed by atoms with Gasteiger partial charge in [0.05, 0.1) is 18.7 Å². The Morgan fingerprint density at radius 1 is 1.21 bits per heavy atom. The third-order valence-corrected chi connectivity index (χ3v) is 6.85. The van der Waals surface area contributed by atoms with Crippen LogP contribution in [0.1, 0.15) is 44.2 Å². The van der Waals surface area contributed by atoms with Crippen LogP contribution >= 0.6 is 12.4 Å². The van der Waals surface area contributed by atoms with E-state index in [2.05, 4.69) is 5.32 Å². The van der Waals surface area contributed by atoms with Gasteiger partial charge in [-0.25, -0.2) is 0 Å². The largest absolute Gasteiger partial charge is 0.493 e. The zero-order valence-electron chi connectivity index (χ0n) is 18.4. The van der Waals surface area contributed by atoms with Crippen molar-refractivity contribution in [3.63, 3.8) is 0 Å². The van der Waals surface area contributed by atoms with E-state index in [1.165, 1.54) is 9.80 Å². The van der Waals surface area contributed by atoms with Gasteiger partial charge in [-0.3, -0.25) is 14.5 Å². The molecule has 3 aliphatic rings. The number of fused-ring (bicyclic) bond motifs is 2. The molecule has 4 rings (SSSR count). The van der Waals surface area contributed by atoms with Crippen molar-refractivity contribution in [2.75, 3.05) is 19.7 Å². The minimum absolute atomic E-state index is 0. The first-order valence-corrected chi connectivity index (χ1v) is 11.1. The lowest BCUT2D eigenvalue weighted by atomic mass is 10.00. The molecular weight excluding hydrogens is 461 g/mol. The normalized spacial score (nSPS) is 29.0. The van der Waals surface area contributed by atoms with Crippen molar-refractivity contribution in [2.24, 2.45) is 5.73 Å². The van der Waals surface area contributed by atoms with Gasteiger partial charge in [0.1, 0.15) is 17.8 Å². The molecule has 2 saturated heterocycles. The highest BCUT2D eigenvalue weighted by Gasteiger charge is 2.47. The van der Waals surface area contributed by atoms with Crippen LogP contribution in [0.5, 0.6) is 5.75 Å². The van der Waals surface area contributed by atoms with E-state index in [0.717, 1.165) is 18.2 Å². The second-order valence-electron chi connectivity index (χ2n) is 8.84. The van der Waals surface area contributed by atoms with Crippen molar-refractivity contribution < 1.29 is 27.5 Å². The van der Waals surface area contributed by atoms with Crippen LogP contribution in [0, 0.1) is 0 Å². The van der Waals surface area contributed by atoms with Crippen LogP contribution in [-0.4, -0.2) is 71.7 Å². The number of hydrogen-bond donors (Lipinski definition) is 2. The number of amides is 2. The van der Waals surface area contributed by atoms with Gasteiger partial charge in [0, 0.05) is 31.1 Å². The molecule has 0 aliphatic carbocycles. The van der Waals surface area contributed by atoms with Gasteiger partial charge in [0.25, 0.3) is 0 Å². The Labute approximate surface area is 197 Å². The summed E-state index contributed by atoms with van der Waals surface area (Å²) in [6, 6.07) is 3.54. The molecule has 184 valence electrons. The van der Waals surface area contributed by atoms with Crippen LogP contribution in [0.2, 0.25) is 0 Å². The van der Waals surface area contributed by atoms with Gasteiger partial charge < -0.3 is 20.7 Å². The number of nitrogens with one attached hydrogen (secondary N) is 1. The summed E-state index contributed by atoms with van der Waals surface area (Å²) in [5.74, 6) is 0.0199. The molecule has 5 atom stereocenters. The molecule has 1 aromatic carbocycles. The number of carbonyl (C=O) groups excluding carboxylic acids is 2.